The zero-order chi connectivity index (χ0) is 13.8. The zero-order valence-electron chi connectivity index (χ0n) is 11.9. The average Bonchev–Trinajstić information content (AvgIpc) is 2.81. The maximum atomic E-state index is 12.1. The molecule has 1 N–H and O–H groups in total. The van der Waals surface area contributed by atoms with E-state index >= 15 is 0 Å². The lowest BCUT2D eigenvalue weighted by Gasteiger charge is -2.19. The van der Waals surface area contributed by atoms with E-state index in [1.54, 1.807) is 0 Å². The lowest BCUT2D eigenvalue weighted by molar-refractivity contribution is -0.116. The summed E-state index contributed by atoms with van der Waals surface area (Å²) < 4.78 is 0. The van der Waals surface area contributed by atoms with Crippen LogP contribution in [0.5, 0.6) is 0 Å². The second-order valence-electron chi connectivity index (χ2n) is 4.89. The number of amides is 1. The van der Waals surface area contributed by atoms with Gasteiger partial charge in [0.15, 0.2) is 0 Å². The number of rotatable bonds is 4. The number of nitrogens with one attached hydrogen (secondary N) is 1. The Balaban J connectivity index is 2.00. The van der Waals surface area contributed by atoms with Gasteiger partial charge < -0.3 is 10.2 Å². The molecular formula is C15H21N3O. The molecule has 4 nitrogen and oxygen atoms in total. The van der Waals surface area contributed by atoms with Crippen molar-refractivity contribution in [3.05, 3.63) is 29.3 Å². The fourth-order valence-electron chi connectivity index (χ4n) is 2.40. The van der Waals surface area contributed by atoms with Crippen LogP contribution in [0.3, 0.4) is 0 Å². The van der Waals surface area contributed by atoms with Crippen LogP contribution in [-0.2, 0) is 4.79 Å². The van der Waals surface area contributed by atoms with E-state index in [9.17, 15) is 4.79 Å². The number of benzene rings is 1. The minimum absolute atomic E-state index is 0.0282. The van der Waals surface area contributed by atoms with Gasteiger partial charge in [-0.15, -0.1) is 0 Å². The predicted molar refractivity (Wildman–Crippen MR) is 78.7 cm³/mol. The Hall–Kier alpha value is -1.84. The fourth-order valence-corrected chi connectivity index (χ4v) is 2.40. The normalized spacial score (nSPS) is 14.5. The SMILES string of the molecule is CCC1=NCCN1CC(=O)Nc1c(C)cccc1C. The molecular weight excluding hydrogens is 238 g/mol. The number of hydrogen-bond donors (Lipinski definition) is 1. The second-order valence-corrected chi connectivity index (χ2v) is 4.89. The van der Waals surface area contributed by atoms with Crippen LogP contribution in [0.1, 0.15) is 24.5 Å². The Morgan fingerprint density at radius 2 is 2.05 bits per heavy atom. The quantitative estimate of drug-likeness (QED) is 0.902. The van der Waals surface area contributed by atoms with Crippen LogP contribution in [0, 0.1) is 13.8 Å². The number of amidine groups is 1. The molecule has 0 atom stereocenters. The molecule has 102 valence electrons. The number of anilines is 1. The first kappa shape index (κ1) is 13.6. The molecule has 4 heteroatoms. The first-order chi connectivity index (χ1) is 9.11. The van der Waals surface area contributed by atoms with Crippen molar-refractivity contribution in [2.75, 3.05) is 25.0 Å². The molecule has 1 aliphatic rings. The monoisotopic (exact) mass is 259 g/mol. The van der Waals surface area contributed by atoms with Gasteiger partial charge in [-0.05, 0) is 25.0 Å². The van der Waals surface area contributed by atoms with E-state index in [0.29, 0.717) is 6.54 Å². The molecule has 0 fully saturated rings. The number of para-hydroxylation sites is 1. The molecule has 0 bridgehead atoms. The summed E-state index contributed by atoms with van der Waals surface area (Å²) in [7, 11) is 0. The zero-order valence-corrected chi connectivity index (χ0v) is 11.9. The van der Waals surface area contributed by atoms with Crippen LogP contribution < -0.4 is 5.32 Å². The van der Waals surface area contributed by atoms with Gasteiger partial charge in [0.1, 0.15) is 0 Å². The van der Waals surface area contributed by atoms with Crippen molar-refractivity contribution >= 4 is 17.4 Å². The van der Waals surface area contributed by atoms with Crippen LogP contribution in [0.4, 0.5) is 5.69 Å². The van der Waals surface area contributed by atoms with Crippen molar-refractivity contribution in [2.24, 2.45) is 4.99 Å². The molecule has 2 rings (SSSR count). The lowest BCUT2D eigenvalue weighted by Crippen LogP contribution is -2.35. The van der Waals surface area contributed by atoms with E-state index in [1.165, 1.54) is 0 Å². The predicted octanol–water partition coefficient (Wildman–Crippen LogP) is 2.37. The second kappa shape index (κ2) is 5.87. The highest BCUT2D eigenvalue weighted by Crippen LogP contribution is 2.19. The third kappa shape index (κ3) is 3.13. The smallest absolute Gasteiger partial charge is 0.243 e. The number of carbonyl (C=O) groups is 1. The Morgan fingerprint density at radius 1 is 1.37 bits per heavy atom. The number of aryl methyl sites for hydroxylation is 2. The highest BCUT2D eigenvalue weighted by Gasteiger charge is 2.18. The van der Waals surface area contributed by atoms with Gasteiger partial charge in [-0.25, -0.2) is 0 Å². The molecule has 19 heavy (non-hydrogen) atoms. The van der Waals surface area contributed by atoms with Gasteiger partial charge in [0.2, 0.25) is 5.91 Å². The molecule has 0 radical (unpaired) electrons. The molecule has 0 aliphatic carbocycles. The molecule has 1 aromatic rings. The van der Waals surface area contributed by atoms with Crippen LogP contribution in [0.25, 0.3) is 0 Å². The maximum absolute atomic E-state index is 12.1. The molecule has 0 saturated heterocycles. The van der Waals surface area contributed by atoms with Gasteiger partial charge in [0, 0.05) is 18.7 Å². The topological polar surface area (TPSA) is 44.7 Å². The highest BCUT2D eigenvalue weighted by atomic mass is 16.2. The molecule has 1 aliphatic heterocycles. The Morgan fingerprint density at radius 3 is 2.68 bits per heavy atom. The van der Waals surface area contributed by atoms with Gasteiger partial charge in [-0.3, -0.25) is 9.79 Å². The molecule has 0 saturated carbocycles. The summed E-state index contributed by atoms with van der Waals surface area (Å²) in [5.74, 6) is 1.07. The lowest BCUT2D eigenvalue weighted by atomic mass is 10.1. The third-order valence-corrected chi connectivity index (χ3v) is 3.43. The minimum Gasteiger partial charge on any atom is -0.349 e. The van der Waals surface area contributed by atoms with Crippen LogP contribution in [0.2, 0.25) is 0 Å². The number of nitrogens with zero attached hydrogens (tertiary/aromatic N) is 2. The highest BCUT2D eigenvalue weighted by molar-refractivity contribution is 5.96. The summed E-state index contributed by atoms with van der Waals surface area (Å²) in [5, 5.41) is 3.01. The van der Waals surface area contributed by atoms with Gasteiger partial charge in [0.25, 0.3) is 0 Å². The van der Waals surface area contributed by atoms with Crippen molar-refractivity contribution in [1.82, 2.24) is 4.90 Å². The average molecular weight is 259 g/mol. The Kier molecular flexibility index (Phi) is 4.20. The number of hydrogen-bond acceptors (Lipinski definition) is 3. The van der Waals surface area contributed by atoms with E-state index in [4.69, 9.17) is 0 Å². The Labute approximate surface area is 114 Å². The van der Waals surface area contributed by atoms with Crippen LogP contribution in [0.15, 0.2) is 23.2 Å². The van der Waals surface area contributed by atoms with Crippen molar-refractivity contribution in [3.63, 3.8) is 0 Å². The van der Waals surface area contributed by atoms with E-state index in [1.807, 2.05) is 32.0 Å². The minimum atomic E-state index is 0.0282. The summed E-state index contributed by atoms with van der Waals surface area (Å²) in [5.41, 5.74) is 3.12. The molecule has 1 aromatic carbocycles. The van der Waals surface area contributed by atoms with Crippen molar-refractivity contribution in [1.29, 1.82) is 0 Å². The van der Waals surface area contributed by atoms with Crippen molar-refractivity contribution < 1.29 is 4.79 Å². The summed E-state index contributed by atoms with van der Waals surface area (Å²) in [4.78, 5) is 18.6. The maximum Gasteiger partial charge on any atom is 0.243 e. The third-order valence-electron chi connectivity index (χ3n) is 3.43. The standard InChI is InChI=1S/C15H21N3O/c1-4-13-16-8-9-18(13)10-14(19)17-15-11(2)6-5-7-12(15)3/h5-7H,4,8-10H2,1-3H3,(H,17,19). The summed E-state index contributed by atoms with van der Waals surface area (Å²) in [6, 6.07) is 6.03. The number of carbonyl (C=O) groups excluding carboxylic acids is 1. The van der Waals surface area contributed by atoms with Crippen LogP contribution >= 0.6 is 0 Å². The molecule has 0 unspecified atom stereocenters. The molecule has 1 heterocycles. The first-order valence-electron chi connectivity index (χ1n) is 6.76. The van der Waals surface area contributed by atoms with Gasteiger partial charge >= 0.3 is 0 Å². The summed E-state index contributed by atoms with van der Waals surface area (Å²) >= 11 is 0. The van der Waals surface area contributed by atoms with Gasteiger partial charge in [-0.1, -0.05) is 25.1 Å². The summed E-state index contributed by atoms with van der Waals surface area (Å²) in [6.45, 7) is 8.14. The summed E-state index contributed by atoms with van der Waals surface area (Å²) in [6.07, 6.45) is 0.886. The van der Waals surface area contributed by atoms with E-state index < -0.39 is 0 Å². The Bertz CT molecular complexity index is 488. The van der Waals surface area contributed by atoms with Gasteiger partial charge in [-0.2, -0.15) is 0 Å². The van der Waals surface area contributed by atoms with Crippen molar-refractivity contribution in [3.8, 4) is 0 Å². The van der Waals surface area contributed by atoms with Crippen LogP contribution in [-0.4, -0.2) is 36.3 Å². The van der Waals surface area contributed by atoms with E-state index in [2.05, 4.69) is 22.1 Å². The van der Waals surface area contributed by atoms with Crippen molar-refractivity contribution in [2.45, 2.75) is 27.2 Å². The van der Waals surface area contributed by atoms with Gasteiger partial charge in [0.05, 0.1) is 18.9 Å². The first-order valence-corrected chi connectivity index (χ1v) is 6.76. The molecule has 0 aromatic heterocycles. The largest absolute Gasteiger partial charge is 0.349 e. The molecule has 1 amide bonds. The molecule has 0 spiro atoms. The number of aliphatic imine (C=N–C) groups is 1. The fraction of sp³-hybridized carbons (Fsp3) is 0.467. The van der Waals surface area contributed by atoms with E-state index in [0.717, 1.165) is 42.2 Å². The van der Waals surface area contributed by atoms with E-state index in [-0.39, 0.29) is 5.91 Å².